The van der Waals surface area contributed by atoms with E-state index in [0.717, 1.165) is 59.1 Å². The number of amides is 1. The van der Waals surface area contributed by atoms with E-state index in [4.69, 9.17) is 14.3 Å². The van der Waals surface area contributed by atoms with E-state index >= 15 is 0 Å². The maximum absolute atomic E-state index is 14.1. The predicted molar refractivity (Wildman–Crippen MR) is 176 cm³/mol. The molecule has 0 bridgehead atoms. The summed E-state index contributed by atoms with van der Waals surface area (Å²) in [5, 5.41) is 10.4. The summed E-state index contributed by atoms with van der Waals surface area (Å²) < 4.78 is 60.3. The van der Waals surface area contributed by atoms with Crippen molar-refractivity contribution in [1.29, 1.82) is 0 Å². The van der Waals surface area contributed by atoms with Gasteiger partial charge in [0.25, 0.3) is 6.47 Å². The molecule has 0 fully saturated rings. The number of hydrogen-bond donors (Lipinski definition) is 4. The lowest BCUT2D eigenvalue weighted by Crippen LogP contribution is -2.23. The van der Waals surface area contributed by atoms with Gasteiger partial charge in [-0.15, -0.1) is 0 Å². The molecule has 4 rings (SSSR count). The summed E-state index contributed by atoms with van der Waals surface area (Å²) in [4.78, 5) is 21.0. The van der Waals surface area contributed by atoms with Crippen molar-refractivity contribution in [2.45, 2.75) is 66.0 Å². The third-order valence-corrected chi connectivity index (χ3v) is 6.71. The first-order valence-electron chi connectivity index (χ1n) is 14.6. The monoisotopic (exact) mass is 650 g/mol. The van der Waals surface area contributed by atoms with Gasteiger partial charge in [-0.1, -0.05) is 64.3 Å². The molecule has 0 aliphatic heterocycles. The van der Waals surface area contributed by atoms with E-state index in [0.29, 0.717) is 18.9 Å². The van der Waals surface area contributed by atoms with E-state index in [9.17, 15) is 22.4 Å². The van der Waals surface area contributed by atoms with Crippen LogP contribution in [0.2, 0.25) is 0 Å². The number of rotatable bonds is 9. The van der Waals surface area contributed by atoms with Gasteiger partial charge in [0.05, 0.1) is 17.5 Å². The molecule has 1 aromatic heterocycles. The number of hydrogen-bond acceptors (Lipinski definition) is 5. The molecule has 0 spiro atoms. The van der Waals surface area contributed by atoms with E-state index in [-0.39, 0.29) is 24.0 Å². The van der Waals surface area contributed by atoms with E-state index in [1.807, 2.05) is 33.8 Å². The second-order valence-electron chi connectivity index (χ2n) is 9.69. The first-order valence-corrected chi connectivity index (χ1v) is 15.1. The van der Waals surface area contributed by atoms with Gasteiger partial charge in [0, 0.05) is 11.3 Å². The summed E-state index contributed by atoms with van der Waals surface area (Å²) in [7, 11) is 1.74. The van der Waals surface area contributed by atoms with Crippen LogP contribution in [-0.2, 0) is 22.2 Å². The Morgan fingerprint density at radius 2 is 1.64 bits per heavy atom. The predicted octanol–water partition coefficient (Wildman–Crippen LogP) is 9.72. The number of furan rings is 1. The summed E-state index contributed by atoms with van der Waals surface area (Å²) in [6.07, 6.45) is 0.798. The molecular formula is C34H42F4N2O4S. The topological polar surface area (TPSA) is 91.6 Å². The largest absolute Gasteiger partial charge is 0.483 e. The Morgan fingerprint density at radius 3 is 2.20 bits per heavy atom. The molecule has 0 saturated carbocycles. The SMILES string of the molecule is CC.CCC(CCCCc1ccc(-c2cc(C)c3occc3c2)cc1)C(=O)Nc1ccc(C(F)(F)F)cc1F.CNS.O=CO. The molecule has 0 aliphatic carbocycles. The fourth-order valence-electron chi connectivity index (χ4n) is 4.56. The van der Waals surface area contributed by atoms with Crippen LogP contribution in [0, 0.1) is 18.7 Å². The molecule has 3 aromatic carbocycles. The van der Waals surface area contributed by atoms with Crippen LogP contribution in [0.3, 0.4) is 0 Å². The van der Waals surface area contributed by atoms with Gasteiger partial charge in [-0.3, -0.25) is 14.3 Å². The average Bonchev–Trinajstić information content (AvgIpc) is 3.49. The molecule has 45 heavy (non-hydrogen) atoms. The first kappa shape index (κ1) is 39.2. The van der Waals surface area contributed by atoms with Crippen molar-refractivity contribution in [3.05, 3.63) is 89.4 Å². The van der Waals surface area contributed by atoms with Gasteiger partial charge in [-0.2, -0.15) is 13.2 Å². The van der Waals surface area contributed by atoms with Crippen molar-refractivity contribution in [3.63, 3.8) is 0 Å². The molecule has 1 amide bonds. The van der Waals surface area contributed by atoms with Gasteiger partial charge in [0.1, 0.15) is 11.4 Å². The minimum Gasteiger partial charge on any atom is -0.483 e. The highest BCUT2D eigenvalue weighted by Crippen LogP contribution is 2.32. The fraction of sp³-hybridized carbons (Fsp3) is 0.353. The summed E-state index contributed by atoms with van der Waals surface area (Å²) in [6, 6.07) is 16.8. The van der Waals surface area contributed by atoms with Crippen LogP contribution >= 0.6 is 12.8 Å². The Labute approximate surface area is 267 Å². The number of anilines is 1. The molecule has 246 valence electrons. The van der Waals surface area contributed by atoms with Crippen molar-refractivity contribution in [2.24, 2.45) is 5.92 Å². The number of carbonyl (C=O) groups excluding carboxylic acids is 1. The lowest BCUT2D eigenvalue weighted by Gasteiger charge is -2.16. The highest BCUT2D eigenvalue weighted by atomic mass is 32.1. The summed E-state index contributed by atoms with van der Waals surface area (Å²) in [6.45, 7) is 7.65. The number of fused-ring (bicyclic) bond motifs is 1. The lowest BCUT2D eigenvalue weighted by atomic mass is 9.95. The molecule has 0 radical (unpaired) electrons. The highest BCUT2D eigenvalue weighted by molar-refractivity contribution is 7.78. The number of carboxylic acid groups (broad SMARTS) is 1. The van der Waals surface area contributed by atoms with Crippen LogP contribution in [0.25, 0.3) is 22.1 Å². The number of thiol groups is 1. The number of carbonyl (C=O) groups is 2. The summed E-state index contributed by atoms with van der Waals surface area (Å²) >= 11 is 3.54. The number of unbranched alkanes of at least 4 members (excludes halogenated alkanes) is 1. The van der Waals surface area contributed by atoms with Crippen LogP contribution in [0.5, 0.6) is 0 Å². The Bertz CT molecular complexity index is 1460. The molecule has 11 heteroatoms. The Kier molecular flexibility index (Phi) is 17.6. The van der Waals surface area contributed by atoms with Crippen molar-refractivity contribution in [3.8, 4) is 11.1 Å². The summed E-state index contributed by atoms with van der Waals surface area (Å²) in [5.41, 5.74) is 4.15. The second kappa shape index (κ2) is 20.2. The molecule has 3 N–H and O–H groups in total. The quantitative estimate of drug-likeness (QED) is 0.0627. The molecular weight excluding hydrogens is 608 g/mol. The number of halogens is 4. The van der Waals surface area contributed by atoms with Gasteiger partial charge >= 0.3 is 6.18 Å². The van der Waals surface area contributed by atoms with E-state index in [1.54, 1.807) is 13.3 Å². The van der Waals surface area contributed by atoms with Crippen LogP contribution < -0.4 is 10.0 Å². The molecule has 1 atom stereocenters. The van der Waals surface area contributed by atoms with Crippen LogP contribution in [0.1, 0.15) is 63.1 Å². The van der Waals surface area contributed by atoms with Gasteiger partial charge in [0.2, 0.25) is 5.91 Å². The third kappa shape index (κ3) is 12.6. The Balaban J connectivity index is 0.00000115. The van der Waals surface area contributed by atoms with E-state index < -0.39 is 17.6 Å². The highest BCUT2D eigenvalue weighted by Gasteiger charge is 2.31. The number of benzene rings is 3. The van der Waals surface area contributed by atoms with Crippen LogP contribution in [0.4, 0.5) is 23.2 Å². The minimum atomic E-state index is -4.64. The van der Waals surface area contributed by atoms with Gasteiger partial charge < -0.3 is 14.8 Å². The third-order valence-electron chi connectivity index (χ3n) is 6.71. The summed E-state index contributed by atoms with van der Waals surface area (Å²) in [5.74, 6) is -1.82. The number of alkyl halides is 3. The van der Waals surface area contributed by atoms with Crippen molar-refractivity contribution < 1.29 is 36.7 Å². The minimum absolute atomic E-state index is 0.237. The van der Waals surface area contributed by atoms with Gasteiger partial charge in [-0.05, 0) is 98.3 Å². The van der Waals surface area contributed by atoms with Crippen LogP contribution in [0.15, 0.2) is 71.3 Å². The van der Waals surface area contributed by atoms with Gasteiger partial charge in [0.15, 0.2) is 0 Å². The zero-order valence-electron chi connectivity index (χ0n) is 26.2. The normalized spacial score (nSPS) is 11.2. The molecule has 6 nitrogen and oxygen atoms in total. The van der Waals surface area contributed by atoms with Crippen molar-refractivity contribution in [1.82, 2.24) is 4.72 Å². The zero-order valence-corrected chi connectivity index (χ0v) is 27.1. The maximum atomic E-state index is 14.1. The maximum Gasteiger partial charge on any atom is 0.416 e. The zero-order chi connectivity index (χ0) is 34.0. The average molecular weight is 651 g/mol. The van der Waals surface area contributed by atoms with Crippen LogP contribution in [-0.4, -0.2) is 24.5 Å². The smallest absolute Gasteiger partial charge is 0.416 e. The van der Waals surface area contributed by atoms with Crippen molar-refractivity contribution in [2.75, 3.05) is 12.4 Å². The fourth-order valence-corrected chi connectivity index (χ4v) is 4.56. The number of aryl methyl sites for hydroxylation is 2. The van der Waals surface area contributed by atoms with E-state index in [2.05, 4.69) is 59.3 Å². The second-order valence-corrected chi connectivity index (χ2v) is 10.1. The number of nitrogens with one attached hydrogen (secondary N) is 2. The van der Waals surface area contributed by atoms with Crippen molar-refractivity contribution >= 4 is 41.9 Å². The lowest BCUT2D eigenvalue weighted by molar-refractivity contribution is -0.137. The first-order chi connectivity index (χ1) is 21.5. The molecule has 0 aliphatic rings. The molecule has 1 heterocycles. The van der Waals surface area contributed by atoms with E-state index in [1.165, 1.54) is 5.56 Å². The molecule has 0 saturated heterocycles. The molecule has 4 aromatic rings. The standard InChI is InChI=1S/C30H29F4NO2.C2H6.CH5NS.CH2O2/c1-3-21(29(36)35-27-13-12-25(18-26(27)31)30(32,33)34)7-5-4-6-20-8-10-22(11-9-20)24-16-19(2)28-23(17-24)14-15-37-28;1-2;1-2-3;2-1-3/h8-18,21H,3-7H2,1-2H3,(H,35,36);1-2H3;2-3H,1H3;1H,(H,2,3). The Morgan fingerprint density at radius 1 is 1.02 bits per heavy atom. The van der Waals surface area contributed by atoms with Gasteiger partial charge in [-0.25, -0.2) is 4.39 Å². The Hall–Kier alpha value is -3.83. The molecule has 1 unspecified atom stereocenters.